The lowest BCUT2D eigenvalue weighted by molar-refractivity contribution is -0.147. The molecule has 1 unspecified atom stereocenters. The van der Waals surface area contributed by atoms with Crippen LogP contribution in [0.15, 0.2) is 0 Å². The lowest BCUT2D eigenvalue weighted by atomic mass is 10.0. The first kappa shape index (κ1) is 17.4. The molecule has 0 fully saturated rings. The van der Waals surface area contributed by atoms with Gasteiger partial charge >= 0.3 is 5.97 Å². The second-order valence-corrected chi connectivity index (χ2v) is 5.00. The Morgan fingerprint density at radius 3 is 2.11 bits per heavy atom. The highest BCUT2D eigenvalue weighted by Gasteiger charge is 2.22. The predicted molar refractivity (Wildman–Crippen MR) is 71.3 cm³/mol. The number of amides is 2. The number of nitrogens with one attached hydrogen (secondary N) is 2. The molecule has 0 rings (SSSR count). The fraction of sp³-hybridized carbons (Fsp3) is 0.769. The van der Waals surface area contributed by atoms with Crippen molar-refractivity contribution < 1.29 is 19.1 Å². The standard InChI is InChI=1S/C13H24N2O4/c1-8(2)12(15-10(5)16)13(18)14-7-6-11(17)19-9(3)4/h8-9,12H,6-7H2,1-5H3,(H,14,18)(H,15,16). The Bertz CT molecular complexity index is 327. The molecule has 2 amide bonds. The number of carbonyl (C=O) groups excluding carboxylic acids is 3. The van der Waals surface area contributed by atoms with E-state index in [1.165, 1.54) is 6.92 Å². The van der Waals surface area contributed by atoms with Crippen molar-refractivity contribution in [3.05, 3.63) is 0 Å². The first-order valence-electron chi connectivity index (χ1n) is 6.48. The minimum absolute atomic E-state index is 0.0217. The van der Waals surface area contributed by atoms with Crippen LogP contribution in [0.2, 0.25) is 0 Å². The maximum atomic E-state index is 11.8. The van der Waals surface area contributed by atoms with Gasteiger partial charge in [0, 0.05) is 13.5 Å². The summed E-state index contributed by atoms with van der Waals surface area (Å²) >= 11 is 0. The van der Waals surface area contributed by atoms with Crippen molar-refractivity contribution in [3.63, 3.8) is 0 Å². The molecule has 110 valence electrons. The van der Waals surface area contributed by atoms with Gasteiger partial charge in [0.05, 0.1) is 12.5 Å². The number of esters is 1. The molecular weight excluding hydrogens is 248 g/mol. The molecule has 0 bridgehead atoms. The minimum Gasteiger partial charge on any atom is -0.463 e. The summed E-state index contributed by atoms with van der Waals surface area (Å²) in [7, 11) is 0. The average Bonchev–Trinajstić information content (AvgIpc) is 2.23. The molecule has 0 saturated heterocycles. The van der Waals surface area contributed by atoms with Crippen LogP contribution in [0.5, 0.6) is 0 Å². The lowest BCUT2D eigenvalue weighted by Gasteiger charge is -2.20. The summed E-state index contributed by atoms with van der Waals surface area (Å²) in [5.41, 5.74) is 0. The van der Waals surface area contributed by atoms with E-state index in [0.29, 0.717) is 0 Å². The van der Waals surface area contributed by atoms with Crippen LogP contribution in [-0.2, 0) is 19.1 Å². The molecule has 1 atom stereocenters. The van der Waals surface area contributed by atoms with Crippen molar-refractivity contribution in [2.45, 2.75) is 53.2 Å². The molecule has 0 aliphatic rings. The summed E-state index contributed by atoms with van der Waals surface area (Å²) in [5.74, 6) is -0.918. The van der Waals surface area contributed by atoms with Gasteiger partial charge in [-0.25, -0.2) is 0 Å². The molecule has 0 aromatic heterocycles. The van der Waals surface area contributed by atoms with E-state index in [1.807, 2.05) is 13.8 Å². The van der Waals surface area contributed by atoms with Gasteiger partial charge in [0.25, 0.3) is 0 Å². The highest BCUT2D eigenvalue weighted by atomic mass is 16.5. The van der Waals surface area contributed by atoms with Crippen molar-refractivity contribution in [1.29, 1.82) is 0 Å². The van der Waals surface area contributed by atoms with Crippen LogP contribution < -0.4 is 10.6 Å². The van der Waals surface area contributed by atoms with Gasteiger partial charge in [-0.15, -0.1) is 0 Å². The van der Waals surface area contributed by atoms with E-state index < -0.39 is 6.04 Å². The Labute approximate surface area is 114 Å². The molecule has 0 aliphatic carbocycles. The molecule has 0 aromatic carbocycles. The smallest absolute Gasteiger partial charge is 0.307 e. The normalized spacial score (nSPS) is 12.2. The number of hydrogen-bond acceptors (Lipinski definition) is 4. The second-order valence-electron chi connectivity index (χ2n) is 5.00. The fourth-order valence-corrected chi connectivity index (χ4v) is 1.47. The van der Waals surface area contributed by atoms with Gasteiger partial charge in [0.2, 0.25) is 11.8 Å². The SMILES string of the molecule is CC(=O)NC(C(=O)NCCC(=O)OC(C)C)C(C)C. The van der Waals surface area contributed by atoms with Gasteiger partial charge in [-0.3, -0.25) is 14.4 Å². The topological polar surface area (TPSA) is 84.5 Å². The summed E-state index contributed by atoms with van der Waals surface area (Å²) in [6, 6.07) is -0.585. The van der Waals surface area contributed by atoms with E-state index >= 15 is 0 Å². The maximum absolute atomic E-state index is 11.8. The second kappa shape index (κ2) is 8.50. The van der Waals surface area contributed by atoms with Crippen LogP contribution in [0.4, 0.5) is 0 Å². The number of hydrogen-bond donors (Lipinski definition) is 2. The molecule has 0 spiro atoms. The molecule has 2 N–H and O–H groups in total. The van der Waals surface area contributed by atoms with Crippen molar-refractivity contribution in [2.75, 3.05) is 6.54 Å². The summed E-state index contributed by atoms with van der Waals surface area (Å²) in [4.78, 5) is 34.1. The van der Waals surface area contributed by atoms with Crippen molar-refractivity contribution >= 4 is 17.8 Å². The van der Waals surface area contributed by atoms with E-state index in [9.17, 15) is 14.4 Å². The van der Waals surface area contributed by atoms with Gasteiger partial charge in [0.1, 0.15) is 6.04 Å². The van der Waals surface area contributed by atoms with E-state index in [0.717, 1.165) is 0 Å². The fourth-order valence-electron chi connectivity index (χ4n) is 1.47. The Hall–Kier alpha value is -1.59. The molecule has 0 aliphatic heterocycles. The van der Waals surface area contributed by atoms with Gasteiger partial charge < -0.3 is 15.4 Å². The van der Waals surface area contributed by atoms with Gasteiger partial charge in [-0.05, 0) is 19.8 Å². The zero-order valence-corrected chi connectivity index (χ0v) is 12.3. The largest absolute Gasteiger partial charge is 0.463 e. The maximum Gasteiger partial charge on any atom is 0.307 e. The number of ether oxygens (including phenoxy) is 1. The highest BCUT2D eigenvalue weighted by molar-refractivity contribution is 5.87. The average molecular weight is 272 g/mol. The van der Waals surface area contributed by atoms with Crippen molar-refractivity contribution in [2.24, 2.45) is 5.92 Å². The van der Waals surface area contributed by atoms with E-state index in [-0.39, 0.29) is 42.8 Å². The van der Waals surface area contributed by atoms with Gasteiger partial charge in [-0.2, -0.15) is 0 Å². The Balaban J connectivity index is 4.13. The van der Waals surface area contributed by atoms with E-state index in [2.05, 4.69) is 10.6 Å². The molecule has 6 nitrogen and oxygen atoms in total. The number of rotatable bonds is 7. The van der Waals surface area contributed by atoms with Crippen molar-refractivity contribution in [1.82, 2.24) is 10.6 Å². The zero-order valence-electron chi connectivity index (χ0n) is 12.3. The van der Waals surface area contributed by atoms with Gasteiger partial charge in [-0.1, -0.05) is 13.8 Å². The monoisotopic (exact) mass is 272 g/mol. The van der Waals surface area contributed by atoms with Crippen LogP contribution in [-0.4, -0.2) is 36.5 Å². The third-order valence-electron chi connectivity index (χ3n) is 2.30. The van der Waals surface area contributed by atoms with Crippen LogP contribution in [0.25, 0.3) is 0 Å². The highest BCUT2D eigenvalue weighted by Crippen LogP contribution is 2.02. The Kier molecular flexibility index (Phi) is 7.79. The summed E-state index contributed by atoms with van der Waals surface area (Å²) in [6.45, 7) is 8.78. The Morgan fingerprint density at radius 1 is 1.11 bits per heavy atom. The minimum atomic E-state index is -0.585. The quantitative estimate of drug-likeness (QED) is 0.665. The van der Waals surface area contributed by atoms with Crippen LogP contribution in [0.1, 0.15) is 41.0 Å². The first-order valence-corrected chi connectivity index (χ1v) is 6.48. The van der Waals surface area contributed by atoms with Crippen LogP contribution in [0, 0.1) is 5.92 Å². The summed E-state index contributed by atoms with van der Waals surface area (Å²) in [6.07, 6.45) is -0.0413. The zero-order chi connectivity index (χ0) is 15.0. The third-order valence-corrected chi connectivity index (χ3v) is 2.30. The molecule has 0 aromatic rings. The molecule has 19 heavy (non-hydrogen) atoms. The third kappa shape index (κ3) is 8.18. The summed E-state index contributed by atoms with van der Waals surface area (Å²) < 4.78 is 4.94. The molecule has 0 saturated carbocycles. The van der Waals surface area contributed by atoms with Crippen molar-refractivity contribution in [3.8, 4) is 0 Å². The molecular formula is C13H24N2O4. The summed E-state index contributed by atoms with van der Waals surface area (Å²) in [5, 5.41) is 5.20. The number of carbonyl (C=O) groups is 3. The van der Waals surface area contributed by atoms with E-state index in [4.69, 9.17) is 4.74 Å². The molecule has 6 heteroatoms. The first-order chi connectivity index (χ1) is 8.73. The van der Waals surface area contributed by atoms with Crippen LogP contribution >= 0.6 is 0 Å². The Morgan fingerprint density at radius 2 is 1.68 bits per heavy atom. The van der Waals surface area contributed by atoms with E-state index in [1.54, 1.807) is 13.8 Å². The lowest BCUT2D eigenvalue weighted by Crippen LogP contribution is -2.49. The van der Waals surface area contributed by atoms with Crippen LogP contribution in [0.3, 0.4) is 0 Å². The molecule has 0 heterocycles. The van der Waals surface area contributed by atoms with Gasteiger partial charge in [0.15, 0.2) is 0 Å². The molecule has 0 radical (unpaired) electrons. The predicted octanol–water partition coefficient (Wildman–Crippen LogP) is 0.605.